The third-order valence-corrected chi connectivity index (χ3v) is 3.81. The van der Waals surface area contributed by atoms with E-state index >= 15 is 0 Å². The van der Waals surface area contributed by atoms with Crippen LogP contribution in [-0.4, -0.2) is 41.4 Å². The summed E-state index contributed by atoms with van der Waals surface area (Å²) in [5.74, 6) is 1.13. The van der Waals surface area contributed by atoms with Gasteiger partial charge in [0.05, 0.1) is 18.9 Å². The summed E-state index contributed by atoms with van der Waals surface area (Å²) in [6.07, 6.45) is 7.38. The second-order valence-electron chi connectivity index (χ2n) is 4.70. The zero-order valence-corrected chi connectivity index (χ0v) is 11.9. The number of carbonyl (C=O) groups is 1. The lowest BCUT2D eigenvalue weighted by Gasteiger charge is -2.37. The zero-order chi connectivity index (χ0) is 13.7. The topological polar surface area (TPSA) is 42.4 Å². The van der Waals surface area contributed by atoms with Gasteiger partial charge in [-0.1, -0.05) is 0 Å². The molecule has 1 heterocycles. The fraction of sp³-hybridized carbons (Fsp3) is 0.571. The zero-order valence-electron chi connectivity index (χ0n) is 11.1. The molecular weight excluding hydrogens is 264 g/mol. The molecule has 0 bridgehead atoms. The van der Waals surface area contributed by atoms with E-state index in [1.165, 1.54) is 6.42 Å². The van der Waals surface area contributed by atoms with Crippen LogP contribution in [0.3, 0.4) is 0 Å². The molecule has 2 rings (SSSR count). The number of ether oxygens (including phenoxy) is 1. The van der Waals surface area contributed by atoms with Gasteiger partial charge in [0.2, 0.25) is 0 Å². The van der Waals surface area contributed by atoms with E-state index in [4.69, 9.17) is 16.3 Å². The van der Waals surface area contributed by atoms with Crippen molar-refractivity contribution >= 4 is 17.5 Å². The minimum Gasteiger partial charge on any atom is -0.494 e. The second-order valence-corrected chi connectivity index (χ2v) is 5.08. The number of alkyl halides is 1. The quantitative estimate of drug-likeness (QED) is 0.754. The predicted molar refractivity (Wildman–Crippen MR) is 74.8 cm³/mol. The first-order chi connectivity index (χ1) is 9.27. The number of hydrogen-bond acceptors (Lipinski definition) is 3. The minimum atomic E-state index is 0.0223. The first-order valence-corrected chi connectivity index (χ1v) is 7.16. The molecule has 0 spiro atoms. The molecule has 1 aromatic rings. The van der Waals surface area contributed by atoms with E-state index in [0.717, 1.165) is 19.3 Å². The van der Waals surface area contributed by atoms with Gasteiger partial charge in [0.25, 0.3) is 5.91 Å². The van der Waals surface area contributed by atoms with E-state index in [2.05, 4.69) is 4.98 Å². The molecule has 1 aliphatic rings. The van der Waals surface area contributed by atoms with E-state index in [1.54, 1.807) is 25.6 Å². The summed E-state index contributed by atoms with van der Waals surface area (Å²) in [7, 11) is 1.56. The number of aromatic nitrogens is 1. The van der Waals surface area contributed by atoms with Crippen molar-refractivity contribution in [3.63, 3.8) is 0 Å². The predicted octanol–water partition coefficient (Wildman–Crippen LogP) is 2.71. The number of methoxy groups -OCH3 is 1. The maximum atomic E-state index is 12.6. The Kier molecular flexibility index (Phi) is 5.02. The van der Waals surface area contributed by atoms with Crippen LogP contribution in [0.25, 0.3) is 0 Å². The lowest BCUT2D eigenvalue weighted by Crippen LogP contribution is -2.45. The van der Waals surface area contributed by atoms with Crippen molar-refractivity contribution in [1.29, 1.82) is 0 Å². The van der Waals surface area contributed by atoms with Gasteiger partial charge < -0.3 is 9.64 Å². The molecule has 1 aliphatic carbocycles. The summed E-state index contributed by atoms with van der Waals surface area (Å²) in [6.45, 7) is 0.707. The monoisotopic (exact) mass is 282 g/mol. The van der Waals surface area contributed by atoms with E-state index < -0.39 is 0 Å². The van der Waals surface area contributed by atoms with Crippen molar-refractivity contribution in [2.24, 2.45) is 0 Å². The van der Waals surface area contributed by atoms with Crippen LogP contribution in [0.1, 0.15) is 36.0 Å². The number of amides is 1. The van der Waals surface area contributed by atoms with Crippen molar-refractivity contribution in [3.8, 4) is 5.75 Å². The molecule has 0 radical (unpaired) electrons. The van der Waals surface area contributed by atoms with Crippen molar-refractivity contribution < 1.29 is 9.53 Å². The number of hydrogen-bond donors (Lipinski definition) is 0. The van der Waals surface area contributed by atoms with E-state index in [0.29, 0.717) is 29.8 Å². The van der Waals surface area contributed by atoms with Crippen LogP contribution in [0, 0.1) is 0 Å². The Bertz CT molecular complexity index is 435. The van der Waals surface area contributed by atoms with Gasteiger partial charge in [-0.05, 0) is 31.7 Å². The third kappa shape index (κ3) is 3.18. The summed E-state index contributed by atoms with van der Waals surface area (Å²) in [5.41, 5.74) is 0.582. The summed E-state index contributed by atoms with van der Waals surface area (Å²) < 4.78 is 5.22. The van der Waals surface area contributed by atoms with Crippen molar-refractivity contribution in [3.05, 3.63) is 24.0 Å². The molecule has 1 amide bonds. The molecule has 0 atom stereocenters. The fourth-order valence-corrected chi connectivity index (χ4v) is 2.37. The van der Waals surface area contributed by atoms with Gasteiger partial charge in [0.1, 0.15) is 5.75 Å². The fourth-order valence-electron chi connectivity index (χ4n) is 2.25. The van der Waals surface area contributed by atoms with E-state index in [1.807, 2.05) is 4.90 Å². The Morgan fingerprint density at radius 2 is 2.37 bits per heavy atom. The molecule has 1 fully saturated rings. The molecule has 1 aromatic heterocycles. The van der Waals surface area contributed by atoms with E-state index in [-0.39, 0.29) is 5.91 Å². The highest BCUT2D eigenvalue weighted by Crippen LogP contribution is 2.28. The van der Waals surface area contributed by atoms with Crippen molar-refractivity contribution in [2.75, 3.05) is 19.5 Å². The summed E-state index contributed by atoms with van der Waals surface area (Å²) in [4.78, 5) is 18.6. The number of rotatable bonds is 6. The molecule has 0 aromatic carbocycles. The average molecular weight is 283 g/mol. The molecule has 1 saturated carbocycles. The molecule has 0 N–H and O–H groups in total. The lowest BCUT2D eigenvalue weighted by molar-refractivity contribution is 0.0577. The molecule has 104 valence electrons. The molecule has 0 saturated heterocycles. The molecule has 0 unspecified atom stereocenters. The summed E-state index contributed by atoms with van der Waals surface area (Å²) in [5, 5.41) is 0. The van der Waals surface area contributed by atoms with Crippen LogP contribution in [0.5, 0.6) is 5.75 Å². The van der Waals surface area contributed by atoms with Crippen molar-refractivity contribution in [1.82, 2.24) is 9.88 Å². The van der Waals surface area contributed by atoms with Gasteiger partial charge in [-0.3, -0.25) is 9.78 Å². The van der Waals surface area contributed by atoms with Crippen LogP contribution >= 0.6 is 11.6 Å². The Hall–Kier alpha value is -1.29. The average Bonchev–Trinajstić information content (AvgIpc) is 2.40. The summed E-state index contributed by atoms with van der Waals surface area (Å²) in [6, 6.07) is 2.07. The van der Waals surface area contributed by atoms with Crippen LogP contribution < -0.4 is 4.74 Å². The Labute approximate surface area is 118 Å². The van der Waals surface area contributed by atoms with Crippen LogP contribution in [0.15, 0.2) is 18.5 Å². The number of nitrogens with zero attached hydrogens (tertiary/aromatic N) is 2. The number of halogens is 1. The maximum Gasteiger partial charge on any atom is 0.257 e. The van der Waals surface area contributed by atoms with Crippen LogP contribution in [-0.2, 0) is 0 Å². The first-order valence-electron chi connectivity index (χ1n) is 6.63. The van der Waals surface area contributed by atoms with Crippen LogP contribution in [0.4, 0.5) is 0 Å². The van der Waals surface area contributed by atoms with Gasteiger partial charge in [-0.2, -0.15) is 0 Å². The first kappa shape index (κ1) is 14.1. The highest BCUT2D eigenvalue weighted by Gasteiger charge is 2.30. The van der Waals surface area contributed by atoms with Gasteiger partial charge in [-0.15, -0.1) is 11.6 Å². The largest absolute Gasteiger partial charge is 0.494 e. The Balaban J connectivity index is 2.17. The third-order valence-electron chi connectivity index (χ3n) is 3.54. The van der Waals surface area contributed by atoms with Crippen LogP contribution in [0.2, 0.25) is 0 Å². The Morgan fingerprint density at radius 3 is 2.95 bits per heavy atom. The number of pyridine rings is 1. The van der Waals surface area contributed by atoms with E-state index in [9.17, 15) is 4.79 Å². The SMILES string of the molecule is COc1cnccc1C(=O)N(CCCCl)C1CCC1. The van der Waals surface area contributed by atoms with Gasteiger partial charge in [0.15, 0.2) is 0 Å². The molecule has 19 heavy (non-hydrogen) atoms. The minimum absolute atomic E-state index is 0.0223. The normalized spacial score (nSPS) is 14.8. The Morgan fingerprint density at radius 1 is 1.58 bits per heavy atom. The molecule has 5 heteroatoms. The van der Waals surface area contributed by atoms with Gasteiger partial charge >= 0.3 is 0 Å². The smallest absolute Gasteiger partial charge is 0.257 e. The van der Waals surface area contributed by atoms with Gasteiger partial charge in [0, 0.05) is 24.7 Å². The molecular formula is C14H19ClN2O2. The number of carbonyl (C=O) groups excluding carboxylic acids is 1. The maximum absolute atomic E-state index is 12.6. The van der Waals surface area contributed by atoms with Gasteiger partial charge in [-0.25, -0.2) is 0 Å². The molecule has 0 aliphatic heterocycles. The summed E-state index contributed by atoms with van der Waals surface area (Å²) >= 11 is 5.75. The second kappa shape index (κ2) is 6.75. The lowest BCUT2D eigenvalue weighted by atomic mass is 9.91. The van der Waals surface area contributed by atoms with Crippen molar-refractivity contribution in [2.45, 2.75) is 31.7 Å². The highest BCUT2D eigenvalue weighted by atomic mass is 35.5. The standard InChI is InChI=1S/C14H19ClN2O2/c1-19-13-10-16-8-6-12(13)14(18)17(9-3-7-15)11-4-2-5-11/h6,8,10-11H,2-5,7,9H2,1H3. The highest BCUT2D eigenvalue weighted by molar-refractivity contribution is 6.17. The molecule has 4 nitrogen and oxygen atoms in total.